The van der Waals surface area contributed by atoms with Gasteiger partial charge in [0.15, 0.2) is 17.5 Å². The molecular weight excluding hydrogens is 404 g/mol. The minimum Gasteiger partial charge on any atom is -0.513 e. The third kappa shape index (κ3) is 4.08. The molecule has 0 aliphatic carbocycles. The summed E-state index contributed by atoms with van der Waals surface area (Å²) in [6, 6.07) is 8.04. The van der Waals surface area contributed by atoms with E-state index in [1.165, 1.54) is 17.9 Å². The number of methoxy groups -OCH3 is 1. The Kier molecular flexibility index (Phi) is 5.58. The van der Waals surface area contributed by atoms with Crippen LogP contribution in [0, 0.1) is 23.5 Å². The molecule has 2 unspecified atom stereocenters. The predicted molar refractivity (Wildman–Crippen MR) is 112 cm³/mol. The molecular formula is C22H23F2N5O2. The molecule has 7 nitrogen and oxygen atoms in total. The smallest absolute Gasteiger partial charge is 0.212 e. The Morgan fingerprint density at radius 2 is 2.03 bits per heavy atom. The van der Waals surface area contributed by atoms with Crippen LogP contribution in [0.1, 0.15) is 12.5 Å². The number of hydrogen-bond acceptors (Lipinski definition) is 6. The third-order valence-corrected chi connectivity index (χ3v) is 5.52. The van der Waals surface area contributed by atoms with Gasteiger partial charge in [-0.2, -0.15) is 5.10 Å². The molecule has 0 saturated carbocycles. The van der Waals surface area contributed by atoms with Crippen LogP contribution in [-0.4, -0.2) is 45.1 Å². The molecule has 3 aromatic rings. The lowest BCUT2D eigenvalue weighted by atomic mass is 9.97. The Morgan fingerprint density at radius 3 is 2.71 bits per heavy atom. The summed E-state index contributed by atoms with van der Waals surface area (Å²) in [5.74, 6) is -0.0964. The van der Waals surface area contributed by atoms with E-state index >= 15 is 0 Å². The molecule has 1 saturated heterocycles. The van der Waals surface area contributed by atoms with Crippen molar-refractivity contribution in [1.29, 1.82) is 0 Å². The molecule has 0 radical (unpaired) electrons. The molecule has 0 amide bonds. The Balaban J connectivity index is 1.65. The maximum atomic E-state index is 14.5. The molecule has 1 fully saturated rings. The molecule has 31 heavy (non-hydrogen) atoms. The number of benzene rings is 1. The van der Waals surface area contributed by atoms with E-state index in [9.17, 15) is 13.9 Å². The first kappa shape index (κ1) is 20.8. The molecule has 2 atom stereocenters. The van der Waals surface area contributed by atoms with Crippen molar-refractivity contribution in [1.82, 2.24) is 19.7 Å². The highest BCUT2D eigenvalue weighted by Gasteiger charge is 2.34. The molecule has 1 aromatic carbocycles. The van der Waals surface area contributed by atoms with E-state index in [1.54, 1.807) is 29.2 Å². The number of rotatable bonds is 6. The van der Waals surface area contributed by atoms with Crippen LogP contribution in [0.3, 0.4) is 0 Å². The van der Waals surface area contributed by atoms with Gasteiger partial charge < -0.3 is 14.7 Å². The van der Waals surface area contributed by atoms with Crippen molar-refractivity contribution in [2.45, 2.75) is 13.5 Å². The number of nitrogens with zero attached hydrogens (tertiary/aromatic N) is 5. The van der Waals surface area contributed by atoms with Gasteiger partial charge in [0.2, 0.25) is 5.88 Å². The van der Waals surface area contributed by atoms with E-state index in [4.69, 9.17) is 4.74 Å². The Labute approximate surface area is 178 Å². The highest BCUT2D eigenvalue weighted by Crippen LogP contribution is 2.32. The van der Waals surface area contributed by atoms with E-state index < -0.39 is 5.82 Å². The molecule has 3 heterocycles. The molecule has 9 heteroatoms. The first-order valence-electron chi connectivity index (χ1n) is 9.88. The van der Waals surface area contributed by atoms with Crippen LogP contribution in [0.25, 0.3) is 11.5 Å². The van der Waals surface area contributed by atoms with E-state index in [2.05, 4.69) is 21.6 Å². The monoisotopic (exact) mass is 427 g/mol. The fourth-order valence-corrected chi connectivity index (χ4v) is 3.85. The number of halogens is 2. The average Bonchev–Trinajstić information content (AvgIpc) is 3.33. The molecule has 1 aliphatic heterocycles. The minimum atomic E-state index is -0.557. The van der Waals surface area contributed by atoms with Gasteiger partial charge in [0.1, 0.15) is 11.5 Å². The fourth-order valence-electron chi connectivity index (χ4n) is 3.85. The van der Waals surface area contributed by atoms with Gasteiger partial charge in [0.05, 0.1) is 25.6 Å². The van der Waals surface area contributed by atoms with Crippen LogP contribution in [0.4, 0.5) is 14.6 Å². The molecule has 1 aliphatic rings. The zero-order valence-corrected chi connectivity index (χ0v) is 17.3. The van der Waals surface area contributed by atoms with Gasteiger partial charge in [-0.3, -0.25) is 0 Å². The summed E-state index contributed by atoms with van der Waals surface area (Å²) in [7, 11) is 1.49. The lowest BCUT2D eigenvalue weighted by Crippen LogP contribution is -2.23. The van der Waals surface area contributed by atoms with Gasteiger partial charge in [-0.15, -0.1) is 0 Å². The highest BCUT2D eigenvalue weighted by molar-refractivity contribution is 5.55. The third-order valence-electron chi connectivity index (χ3n) is 5.52. The SMILES string of the molecule is C=C(O)C1CN(c2nc(-c3cc(OC)n(Cc4ccccc4F)n3)ncc2F)CC1C. The predicted octanol–water partition coefficient (Wildman–Crippen LogP) is 3.82. The van der Waals surface area contributed by atoms with E-state index in [1.807, 2.05) is 6.92 Å². The van der Waals surface area contributed by atoms with Crippen molar-refractivity contribution in [2.24, 2.45) is 11.8 Å². The van der Waals surface area contributed by atoms with Crippen LogP contribution < -0.4 is 9.64 Å². The summed E-state index contributed by atoms with van der Waals surface area (Å²) < 4.78 is 35.5. The van der Waals surface area contributed by atoms with Gasteiger partial charge in [-0.25, -0.2) is 23.4 Å². The number of anilines is 1. The highest BCUT2D eigenvalue weighted by atomic mass is 19.1. The van der Waals surface area contributed by atoms with E-state index in [-0.39, 0.29) is 41.6 Å². The molecule has 162 valence electrons. The van der Waals surface area contributed by atoms with Crippen LogP contribution in [-0.2, 0) is 6.54 Å². The number of hydrogen-bond donors (Lipinski definition) is 1. The molecule has 2 aromatic heterocycles. The second-order valence-electron chi connectivity index (χ2n) is 7.67. The van der Waals surface area contributed by atoms with Crippen LogP contribution >= 0.6 is 0 Å². The largest absolute Gasteiger partial charge is 0.513 e. The molecule has 0 spiro atoms. The van der Waals surface area contributed by atoms with Crippen molar-refractivity contribution < 1.29 is 18.6 Å². The van der Waals surface area contributed by atoms with E-state index in [0.717, 1.165) is 6.20 Å². The first-order chi connectivity index (χ1) is 14.9. The zero-order valence-electron chi connectivity index (χ0n) is 17.3. The average molecular weight is 427 g/mol. The molecule has 4 rings (SSSR count). The standard InChI is InChI=1S/C22H23F2N5O2/c1-13-10-28(12-16(13)14(2)30)22-18(24)9-25-21(26-22)19-8-20(31-3)29(27-19)11-15-6-4-5-7-17(15)23/h4-9,13,16,30H,2,10-12H2,1,3H3. The van der Waals surface area contributed by atoms with Gasteiger partial charge in [-0.1, -0.05) is 31.7 Å². The summed E-state index contributed by atoms with van der Waals surface area (Å²) >= 11 is 0. The van der Waals surface area contributed by atoms with Crippen molar-refractivity contribution >= 4 is 5.82 Å². The number of aliphatic hydroxyl groups is 1. The topological polar surface area (TPSA) is 76.3 Å². The van der Waals surface area contributed by atoms with Crippen molar-refractivity contribution in [3.63, 3.8) is 0 Å². The number of aromatic nitrogens is 4. The van der Waals surface area contributed by atoms with Crippen molar-refractivity contribution in [2.75, 3.05) is 25.1 Å². The normalized spacial score (nSPS) is 18.4. The molecule has 1 N–H and O–H groups in total. The van der Waals surface area contributed by atoms with E-state index in [0.29, 0.717) is 30.2 Å². The van der Waals surface area contributed by atoms with Crippen molar-refractivity contribution in [3.8, 4) is 17.4 Å². The summed E-state index contributed by atoms with van der Waals surface area (Å²) in [6.45, 7) is 6.69. The van der Waals surface area contributed by atoms with Crippen molar-refractivity contribution in [3.05, 3.63) is 66.1 Å². The maximum Gasteiger partial charge on any atom is 0.212 e. The number of aliphatic hydroxyl groups excluding tert-OH is 1. The zero-order chi connectivity index (χ0) is 22.1. The Hall–Kier alpha value is -3.49. The lowest BCUT2D eigenvalue weighted by Gasteiger charge is -2.18. The Bertz CT molecular complexity index is 1120. The van der Waals surface area contributed by atoms with Gasteiger partial charge in [0.25, 0.3) is 0 Å². The second-order valence-corrected chi connectivity index (χ2v) is 7.67. The van der Waals surface area contributed by atoms with Gasteiger partial charge in [0, 0.05) is 30.6 Å². The second kappa shape index (κ2) is 8.33. The van der Waals surface area contributed by atoms with Gasteiger partial charge >= 0.3 is 0 Å². The van der Waals surface area contributed by atoms with Crippen LogP contribution in [0.15, 0.2) is 48.9 Å². The first-order valence-corrected chi connectivity index (χ1v) is 9.88. The lowest BCUT2D eigenvalue weighted by molar-refractivity contribution is 0.312. The summed E-state index contributed by atoms with van der Waals surface area (Å²) in [5, 5.41) is 14.2. The summed E-state index contributed by atoms with van der Waals surface area (Å²) in [4.78, 5) is 10.2. The summed E-state index contributed by atoms with van der Waals surface area (Å²) in [6.07, 6.45) is 1.10. The molecule has 0 bridgehead atoms. The quantitative estimate of drug-likeness (QED) is 0.603. The van der Waals surface area contributed by atoms with Crippen LogP contribution in [0.2, 0.25) is 0 Å². The number of ether oxygens (including phenoxy) is 1. The fraction of sp³-hybridized carbons (Fsp3) is 0.318. The maximum absolute atomic E-state index is 14.5. The summed E-state index contributed by atoms with van der Waals surface area (Å²) in [5.41, 5.74) is 0.835. The minimum absolute atomic E-state index is 0.0845. The van der Waals surface area contributed by atoms with Gasteiger partial charge in [-0.05, 0) is 12.0 Å². The van der Waals surface area contributed by atoms with Crippen LogP contribution in [0.5, 0.6) is 5.88 Å². The Morgan fingerprint density at radius 1 is 1.26 bits per heavy atom.